The molecule has 0 heterocycles. The van der Waals surface area contributed by atoms with Crippen LogP contribution in [0.25, 0.3) is 0 Å². The third kappa shape index (κ3) is 5.27. The van der Waals surface area contributed by atoms with Gasteiger partial charge in [-0.25, -0.2) is 0 Å². The lowest BCUT2D eigenvalue weighted by Gasteiger charge is -2.20. The predicted molar refractivity (Wildman–Crippen MR) is 109 cm³/mol. The molecule has 0 saturated heterocycles. The number of hydrogen-bond acceptors (Lipinski definition) is 5. The lowest BCUT2D eigenvalue weighted by molar-refractivity contribution is -0.131. The van der Waals surface area contributed by atoms with Crippen LogP contribution in [-0.2, 0) is 16.1 Å². The van der Waals surface area contributed by atoms with Gasteiger partial charge in [-0.2, -0.15) is 5.26 Å². The van der Waals surface area contributed by atoms with Crippen LogP contribution in [0.15, 0.2) is 42.5 Å². The van der Waals surface area contributed by atoms with E-state index in [0.717, 1.165) is 18.4 Å². The fraction of sp³-hybridized carbons (Fsp3) is 0.391. The first-order valence-electron chi connectivity index (χ1n) is 9.78. The molecule has 1 N–H and O–H groups in total. The van der Waals surface area contributed by atoms with Crippen LogP contribution in [0, 0.1) is 11.3 Å². The molecule has 2 aromatic rings. The van der Waals surface area contributed by atoms with Crippen molar-refractivity contribution >= 4 is 5.91 Å². The van der Waals surface area contributed by atoms with E-state index in [-0.39, 0.29) is 12.0 Å². The first-order chi connectivity index (χ1) is 14.1. The van der Waals surface area contributed by atoms with Crippen LogP contribution in [-0.4, -0.2) is 26.2 Å². The summed E-state index contributed by atoms with van der Waals surface area (Å²) >= 11 is 0. The van der Waals surface area contributed by atoms with Gasteiger partial charge in [-0.3, -0.25) is 4.79 Å². The minimum absolute atomic E-state index is 0.186. The summed E-state index contributed by atoms with van der Waals surface area (Å²) in [4.78, 5) is 12.7. The molecule has 2 aromatic carbocycles. The number of nitrogens with one attached hydrogen (secondary N) is 1. The summed E-state index contributed by atoms with van der Waals surface area (Å²) in [5.41, 5.74) is 2.20. The first kappa shape index (κ1) is 20.7. The zero-order valence-corrected chi connectivity index (χ0v) is 16.8. The predicted octanol–water partition coefficient (Wildman–Crippen LogP) is 3.89. The third-order valence-corrected chi connectivity index (χ3v) is 5.11. The van der Waals surface area contributed by atoms with Gasteiger partial charge in [0.05, 0.1) is 24.8 Å². The number of carbonyl (C=O) groups is 1. The second kappa shape index (κ2) is 9.94. The van der Waals surface area contributed by atoms with Crippen molar-refractivity contribution in [3.8, 4) is 17.6 Å². The molecule has 3 rings (SSSR count). The monoisotopic (exact) mass is 394 g/mol. The van der Waals surface area contributed by atoms with E-state index < -0.39 is 6.10 Å². The van der Waals surface area contributed by atoms with Crippen molar-refractivity contribution in [2.45, 2.75) is 44.4 Å². The average molecular weight is 394 g/mol. The Labute approximate surface area is 171 Å². The molecule has 1 fully saturated rings. The van der Waals surface area contributed by atoms with Crippen LogP contribution in [0.2, 0.25) is 0 Å². The van der Waals surface area contributed by atoms with Gasteiger partial charge >= 0.3 is 0 Å². The number of carbonyl (C=O) groups excluding carboxylic acids is 1. The molecule has 1 amide bonds. The molecule has 0 spiro atoms. The maximum absolute atomic E-state index is 12.7. The van der Waals surface area contributed by atoms with Crippen molar-refractivity contribution in [1.82, 2.24) is 5.32 Å². The first-order valence-corrected chi connectivity index (χ1v) is 9.78. The van der Waals surface area contributed by atoms with E-state index in [1.807, 2.05) is 24.3 Å². The van der Waals surface area contributed by atoms with Crippen molar-refractivity contribution in [1.29, 1.82) is 5.26 Å². The van der Waals surface area contributed by atoms with Crippen molar-refractivity contribution < 1.29 is 19.0 Å². The SMILES string of the molecule is COc1ccc(C(OC)C(=O)NCc2ccc(C#N)cc2)cc1OC1CCCC1. The molecule has 1 aliphatic rings. The van der Waals surface area contributed by atoms with Crippen molar-refractivity contribution in [2.75, 3.05) is 14.2 Å². The third-order valence-electron chi connectivity index (χ3n) is 5.11. The summed E-state index contributed by atoms with van der Waals surface area (Å²) in [6, 6.07) is 14.6. The highest BCUT2D eigenvalue weighted by Gasteiger charge is 2.23. The van der Waals surface area contributed by atoms with Crippen LogP contribution in [0.4, 0.5) is 0 Å². The van der Waals surface area contributed by atoms with Gasteiger partial charge in [-0.05, 0) is 61.1 Å². The van der Waals surface area contributed by atoms with Gasteiger partial charge in [0, 0.05) is 13.7 Å². The molecule has 0 radical (unpaired) electrons. The maximum atomic E-state index is 12.7. The molecule has 152 valence electrons. The Kier molecular flexibility index (Phi) is 7.09. The Hall–Kier alpha value is -3.04. The molecule has 1 unspecified atom stereocenters. The Balaban J connectivity index is 1.70. The quantitative estimate of drug-likeness (QED) is 0.735. The zero-order chi connectivity index (χ0) is 20.6. The van der Waals surface area contributed by atoms with Crippen molar-refractivity contribution in [3.63, 3.8) is 0 Å². The Morgan fingerprint density at radius 2 is 1.86 bits per heavy atom. The molecule has 6 heteroatoms. The second-order valence-electron chi connectivity index (χ2n) is 7.08. The molecule has 0 bridgehead atoms. The highest BCUT2D eigenvalue weighted by Crippen LogP contribution is 2.34. The van der Waals surface area contributed by atoms with Gasteiger partial charge in [0.1, 0.15) is 0 Å². The Morgan fingerprint density at radius 1 is 1.14 bits per heavy atom. The molecular formula is C23H26N2O4. The number of ether oxygens (including phenoxy) is 3. The van der Waals surface area contributed by atoms with Crippen LogP contribution in [0.1, 0.15) is 48.5 Å². The lowest BCUT2D eigenvalue weighted by atomic mass is 10.1. The van der Waals surface area contributed by atoms with Gasteiger partial charge in [0.25, 0.3) is 5.91 Å². The Bertz CT molecular complexity index is 867. The summed E-state index contributed by atoms with van der Waals surface area (Å²) in [6.07, 6.45) is 3.84. The fourth-order valence-electron chi connectivity index (χ4n) is 3.51. The van der Waals surface area contributed by atoms with E-state index in [1.165, 1.54) is 20.0 Å². The molecule has 1 aliphatic carbocycles. The second-order valence-corrected chi connectivity index (χ2v) is 7.08. The molecule has 0 aliphatic heterocycles. The summed E-state index contributed by atoms with van der Waals surface area (Å²) < 4.78 is 17.0. The molecule has 1 atom stereocenters. The van der Waals surface area contributed by atoms with E-state index in [4.69, 9.17) is 19.5 Å². The number of nitriles is 1. The number of benzene rings is 2. The highest BCUT2D eigenvalue weighted by atomic mass is 16.5. The number of rotatable bonds is 8. The van der Waals surface area contributed by atoms with Gasteiger partial charge < -0.3 is 19.5 Å². The summed E-state index contributed by atoms with van der Waals surface area (Å²) in [6.45, 7) is 0.353. The van der Waals surface area contributed by atoms with Gasteiger partial charge in [0.15, 0.2) is 17.6 Å². The van der Waals surface area contributed by atoms with Gasteiger partial charge in [0.2, 0.25) is 0 Å². The van der Waals surface area contributed by atoms with E-state index >= 15 is 0 Å². The number of amides is 1. The standard InChI is InChI=1S/C23H26N2O4/c1-27-20-12-11-18(13-21(20)29-19-5-3-4-6-19)22(28-2)23(26)25-15-17-9-7-16(14-24)8-10-17/h7-13,19,22H,3-6,15H2,1-2H3,(H,25,26). The number of nitrogens with zero attached hydrogens (tertiary/aromatic N) is 1. The largest absolute Gasteiger partial charge is 0.493 e. The topological polar surface area (TPSA) is 80.6 Å². The minimum Gasteiger partial charge on any atom is -0.493 e. The van der Waals surface area contributed by atoms with Gasteiger partial charge in [-0.15, -0.1) is 0 Å². The normalized spacial score (nSPS) is 14.8. The average Bonchev–Trinajstić information content (AvgIpc) is 3.26. The summed E-state index contributed by atoms with van der Waals surface area (Å²) in [7, 11) is 3.11. The van der Waals surface area contributed by atoms with Gasteiger partial charge in [-0.1, -0.05) is 18.2 Å². The molecule has 1 saturated carbocycles. The van der Waals surface area contributed by atoms with Crippen LogP contribution >= 0.6 is 0 Å². The van der Waals surface area contributed by atoms with Crippen LogP contribution < -0.4 is 14.8 Å². The van der Waals surface area contributed by atoms with E-state index in [2.05, 4.69) is 11.4 Å². The maximum Gasteiger partial charge on any atom is 0.254 e. The van der Waals surface area contributed by atoms with E-state index in [9.17, 15) is 4.79 Å². The smallest absolute Gasteiger partial charge is 0.254 e. The van der Waals surface area contributed by atoms with Crippen LogP contribution in [0.3, 0.4) is 0 Å². The van der Waals surface area contributed by atoms with Crippen LogP contribution in [0.5, 0.6) is 11.5 Å². The molecular weight excluding hydrogens is 368 g/mol. The number of hydrogen-bond donors (Lipinski definition) is 1. The molecule has 6 nitrogen and oxygen atoms in total. The van der Waals surface area contributed by atoms with E-state index in [1.54, 1.807) is 25.3 Å². The Morgan fingerprint density at radius 3 is 2.48 bits per heavy atom. The molecule has 29 heavy (non-hydrogen) atoms. The van der Waals surface area contributed by atoms with E-state index in [0.29, 0.717) is 29.2 Å². The zero-order valence-electron chi connectivity index (χ0n) is 16.8. The summed E-state index contributed by atoms with van der Waals surface area (Å²) in [5.74, 6) is 1.04. The van der Waals surface area contributed by atoms with Crippen molar-refractivity contribution in [3.05, 3.63) is 59.2 Å². The summed E-state index contributed by atoms with van der Waals surface area (Å²) in [5, 5.41) is 11.8. The van der Waals surface area contributed by atoms with Crippen molar-refractivity contribution in [2.24, 2.45) is 0 Å². The number of methoxy groups -OCH3 is 2. The minimum atomic E-state index is -0.759. The lowest BCUT2D eigenvalue weighted by Crippen LogP contribution is -2.30. The highest BCUT2D eigenvalue weighted by molar-refractivity contribution is 5.82. The fourth-order valence-corrected chi connectivity index (χ4v) is 3.51. The molecule has 0 aromatic heterocycles.